The van der Waals surface area contributed by atoms with E-state index in [0.29, 0.717) is 19.5 Å². The highest BCUT2D eigenvalue weighted by Crippen LogP contribution is 2.19. The lowest BCUT2D eigenvalue weighted by Crippen LogP contribution is -2.50. The van der Waals surface area contributed by atoms with E-state index in [1.165, 1.54) is 16.5 Å². The normalized spacial score (nSPS) is 17.0. The Kier molecular flexibility index (Phi) is 7.55. The number of rotatable bonds is 8. The SMILES string of the molecule is CCCS(=O)(=O)N1CCC(NC(=NC)NCCCc2c[nH]c3ccccc23)CC1. The third-order valence-corrected chi connectivity index (χ3v) is 7.54. The highest BCUT2D eigenvalue weighted by molar-refractivity contribution is 7.89. The molecule has 0 radical (unpaired) electrons. The van der Waals surface area contributed by atoms with Crippen LogP contribution in [0.1, 0.15) is 38.2 Å². The maximum atomic E-state index is 12.2. The van der Waals surface area contributed by atoms with Gasteiger partial charge in [-0.25, -0.2) is 12.7 Å². The number of hydrogen-bond acceptors (Lipinski definition) is 3. The topological polar surface area (TPSA) is 89.6 Å². The van der Waals surface area contributed by atoms with E-state index in [-0.39, 0.29) is 11.8 Å². The fourth-order valence-electron chi connectivity index (χ4n) is 3.88. The Labute approximate surface area is 174 Å². The van der Waals surface area contributed by atoms with E-state index in [2.05, 4.69) is 45.0 Å². The Bertz CT molecular complexity index is 914. The molecule has 0 bridgehead atoms. The summed E-state index contributed by atoms with van der Waals surface area (Å²) in [5, 5.41) is 8.12. The molecule has 2 heterocycles. The molecule has 0 unspecified atom stereocenters. The fraction of sp³-hybridized carbons (Fsp3) is 0.571. The molecular weight excluding hydrogens is 386 g/mol. The van der Waals surface area contributed by atoms with Crippen LogP contribution in [0.25, 0.3) is 10.9 Å². The van der Waals surface area contributed by atoms with Gasteiger partial charge in [0.15, 0.2) is 5.96 Å². The van der Waals surface area contributed by atoms with Gasteiger partial charge < -0.3 is 15.6 Å². The minimum absolute atomic E-state index is 0.241. The van der Waals surface area contributed by atoms with Gasteiger partial charge in [-0.05, 0) is 43.7 Å². The summed E-state index contributed by atoms with van der Waals surface area (Å²) in [6.07, 6.45) is 6.38. The summed E-state index contributed by atoms with van der Waals surface area (Å²) in [5.41, 5.74) is 2.52. The molecule has 160 valence electrons. The Morgan fingerprint density at radius 1 is 1.28 bits per heavy atom. The van der Waals surface area contributed by atoms with Gasteiger partial charge in [0.05, 0.1) is 5.75 Å². The number of nitrogens with one attached hydrogen (secondary N) is 3. The molecule has 1 aliphatic heterocycles. The smallest absolute Gasteiger partial charge is 0.214 e. The van der Waals surface area contributed by atoms with Crippen LogP contribution in [-0.4, -0.2) is 62.1 Å². The first-order chi connectivity index (χ1) is 14.0. The summed E-state index contributed by atoms with van der Waals surface area (Å²) in [6.45, 7) is 3.90. The maximum absolute atomic E-state index is 12.2. The molecule has 29 heavy (non-hydrogen) atoms. The highest BCUT2D eigenvalue weighted by Gasteiger charge is 2.27. The molecule has 7 nitrogen and oxygen atoms in total. The van der Waals surface area contributed by atoms with Crippen molar-refractivity contribution in [1.82, 2.24) is 19.9 Å². The van der Waals surface area contributed by atoms with E-state index in [1.807, 2.05) is 13.0 Å². The lowest BCUT2D eigenvalue weighted by Gasteiger charge is -2.32. The van der Waals surface area contributed by atoms with Crippen molar-refractivity contribution in [2.45, 2.75) is 45.1 Å². The van der Waals surface area contributed by atoms with Crippen LogP contribution in [0.5, 0.6) is 0 Å². The van der Waals surface area contributed by atoms with Gasteiger partial charge in [0.2, 0.25) is 10.0 Å². The fourth-order valence-corrected chi connectivity index (χ4v) is 5.42. The number of aliphatic imine (C=N–C) groups is 1. The number of aromatic nitrogens is 1. The van der Waals surface area contributed by atoms with Crippen LogP contribution >= 0.6 is 0 Å². The van der Waals surface area contributed by atoms with Crippen molar-refractivity contribution in [2.24, 2.45) is 4.99 Å². The van der Waals surface area contributed by atoms with Crippen LogP contribution in [0.4, 0.5) is 0 Å². The van der Waals surface area contributed by atoms with Gasteiger partial charge in [-0.2, -0.15) is 0 Å². The second-order valence-electron chi connectivity index (χ2n) is 7.60. The van der Waals surface area contributed by atoms with Crippen LogP contribution in [-0.2, 0) is 16.4 Å². The van der Waals surface area contributed by atoms with E-state index in [1.54, 1.807) is 11.4 Å². The van der Waals surface area contributed by atoms with Crippen LogP contribution < -0.4 is 10.6 Å². The van der Waals surface area contributed by atoms with Crippen LogP contribution in [0, 0.1) is 0 Å². The Hall–Kier alpha value is -2.06. The molecule has 2 aromatic rings. The second-order valence-corrected chi connectivity index (χ2v) is 9.68. The number of benzene rings is 1. The minimum atomic E-state index is -3.09. The summed E-state index contributed by atoms with van der Waals surface area (Å²) in [4.78, 5) is 7.64. The van der Waals surface area contributed by atoms with Gasteiger partial charge in [0.1, 0.15) is 0 Å². The van der Waals surface area contributed by atoms with Crippen LogP contribution in [0.3, 0.4) is 0 Å². The maximum Gasteiger partial charge on any atom is 0.214 e. The predicted molar refractivity (Wildman–Crippen MR) is 120 cm³/mol. The van der Waals surface area contributed by atoms with Gasteiger partial charge in [-0.1, -0.05) is 25.1 Å². The number of hydrogen-bond donors (Lipinski definition) is 3. The van der Waals surface area contributed by atoms with Gasteiger partial charge in [-0.15, -0.1) is 0 Å². The zero-order valence-corrected chi connectivity index (χ0v) is 18.3. The zero-order valence-electron chi connectivity index (χ0n) is 17.4. The number of aromatic amines is 1. The molecule has 1 aliphatic rings. The molecule has 0 saturated carbocycles. The van der Waals surface area contributed by atoms with E-state index < -0.39 is 10.0 Å². The molecule has 0 atom stereocenters. The summed E-state index contributed by atoms with van der Waals surface area (Å²) < 4.78 is 26.0. The lowest BCUT2D eigenvalue weighted by atomic mass is 10.1. The van der Waals surface area contributed by atoms with Crippen molar-refractivity contribution in [1.29, 1.82) is 0 Å². The molecule has 0 aliphatic carbocycles. The largest absolute Gasteiger partial charge is 0.361 e. The van der Waals surface area contributed by atoms with Crippen molar-refractivity contribution < 1.29 is 8.42 Å². The third kappa shape index (κ3) is 5.73. The van der Waals surface area contributed by atoms with Crippen LogP contribution in [0.2, 0.25) is 0 Å². The first kappa shape index (κ1) is 21.6. The molecule has 1 saturated heterocycles. The summed E-state index contributed by atoms with van der Waals surface area (Å²) in [5.74, 6) is 1.03. The third-order valence-electron chi connectivity index (χ3n) is 5.46. The monoisotopic (exact) mass is 419 g/mol. The van der Waals surface area contributed by atoms with Crippen molar-refractivity contribution >= 4 is 26.9 Å². The number of sulfonamides is 1. The summed E-state index contributed by atoms with van der Waals surface area (Å²) in [6, 6.07) is 8.62. The van der Waals surface area contributed by atoms with Crippen molar-refractivity contribution in [3.05, 3.63) is 36.0 Å². The highest BCUT2D eigenvalue weighted by atomic mass is 32.2. The summed E-state index contributed by atoms with van der Waals surface area (Å²) >= 11 is 0. The minimum Gasteiger partial charge on any atom is -0.361 e. The molecule has 8 heteroatoms. The molecule has 0 spiro atoms. The molecule has 1 fully saturated rings. The van der Waals surface area contributed by atoms with Gasteiger partial charge in [0, 0.05) is 49.8 Å². The number of aryl methyl sites for hydroxylation is 1. The molecule has 1 aromatic heterocycles. The van der Waals surface area contributed by atoms with Gasteiger partial charge in [0.25, 0.3) is 0 Å². The van der Waals surface area contributed by atoms with Gasteiger partial charge in [-0.3, -0.25) is 4.99 Å². The Balaban J connectivity index is 1.40. The lowest BCUT2D eigenvalue weighted by molar-refractivity contribution is 0.306. The van der Waals surface area contributed by atoms with Crippen molar-refractivity contribution in [3.8, 4) is 0 Å². The van der Waals surface area contributed by atoms with Crippen molar-refractivity contribution in [2.75, 3.05) is 32.4 Å². The molecule has 1 aromatic carbocycles. The standard InChI is InChI=1S/C21H33N5O2S/c1-3-15-29(27,28)26-13-10-18(11-14-26)25-21(22-2)23-12-6-7-17-16-24-20-9-5-4-8-19(17)20/h4-5,8-9,16,18,24H,3,6-7,10-15H2,1-2H3,(H2,22,23,25). The first-order valence-electron chi connectivity index (χ1n) is 10.5. The zero-order chi connectivity index (χ0) is 20.7. The summed E-state index contributed by atoms with van der Waals surface area (Å²) in [7, 11) is -1.31. The number of para-hydroxylation sites is 1. The number of guanidine groups is 1. The van der Waals surface area contributed by atoms with E-state index in [9.17, 15) is 8.42 Å². The molecule has 3 N–H and O–H groups in total. The van der Waals surface area contributed by atoms with E-state index in [0.717, 1.165) is 38.2 Å². The average molecular weight is 420 g/mol. The predicted octanol–water partition coefficient (Wildman–Crippen LogP) is 2.47. The number of piperidine rings is 1. The van der Waals surface area contributed by atoms with Gasteiger partial charge >= 0.3 is 0 Å². The van der Waals surface area contributed by atoms with Crippen molar-refractivity contribution in [3.63, 3.8) is 0 Å². The molecule has 0 amide bonds. The number of H-pyrrole nitrogens is 1. The number of fused-ring (bicyclic) bond motifs is 1. The van der Waals surface area contributed by atoms with E-state index in [4.69, 9.17) is 0 Å². The second kappa shape index (κ2) is 10.1. The first-order valence-corrected chi connectivity index (χ1v) is 12.1. The Morgan fingerprint density at radius 2 is 2.03 bits per heavy atom. The van der Waals surface area contributed by atoms with Crippen LogP contribution in [0.15, 0.2) is 35.5 Å². The molecule has 3 rings (SSSR count). The Morgan fingerprint density at radius 3 is 2.76 bits per heavy atom. The quantitative estimate of drug-likeness (QED) is 0.348. The number of nitrogens with zero attached hydrogens (tertiary/aromatic N) is 2. The average Bonchev–Trinajstić information content (AvgIpc) is 3.14. The molecular formula is C21H33N5O2S. The van der Waals surface area contributed by atoms with E-state index >= 15 is 0 Å².